The molecule has 0 saturated heterocycles. The van der Waals surface area contributed by atoms with Crippen molar-refractivity contribution in [2.24, 2.45) is 0 Å². The van der Waals surface area contributed by atoms with E-state index in [2.05, 4.69) is 28.5 Å². The molecule has 0 rings (SSSR count). The van der Waals surface area contributed by atoms with Crippen molar-refractivity contribution in [1.29, 1.82) is 0 Å². The highest BCUT2D eigenvalue weighted by Gasteiger charge is 2.00. The Morgan fingerprint density at radius 1 is 1.33 bits per heavy atom. The van der Waals surface area contributed by atoms with E-state index in [0.29, 0.717) is 0 Å². The SMILES string of the molecule is C=CCC(CC=C)[SiH2]Br. The van der Waals surface area contributed by atoms with Crippen LogP contribution in [0.3, 0.4) is 0 Å². The Morgan fingerprint density at radius 3 is 2.00 bits per heavy atom. The van der Waals surface area contributed by atoms with Crippen LogP contribution in [0.5, 0.6) is 0 Å². The minimum absolute atomic E-state index is 0.0240. The summed E-state index contributed by atoms with van der Waals surface area (Å²) in [4.78, 5) is 0. The molecule has 0 aliphatic heterocycles. The Bertz CT molecular complexity index is 80.9. The fourth-order valence-electron chi connectivity index (χ4n) is 0.694. The van der Waals surface area contributed by atoms with Crippen molar-refractivity contribution in [3.05, 3.63) is 25.3 Å². The van der Waals surface area contributed by atoms with Gasteiger partial charge in [0.1, 0.15) is 8.14 Å². The third-order valence-corrected chi connectivity index (χ3v) is 5.07. The molecule has 0 unspecified atom stereocenters. The predicted octanol–water partition coefficient (Wildman–Crippen LogP) is 2.41. The summed E-state index contributed by atoms with van der Waals surface area (Å²) >= 11 is 3.56. The van der Waals surface area contributed by atoms with Gasteiger partial charge in [-0.3, -0.25) is 0 Å². The van der Waals surface area contributed by atoms with E-state index in [4.69, 9.17) is 0 Å². The summed E-state index contributed by atoms with van der Waals surface area (Å²) < 4.78 is 0. The largest absolute Gasteiger partial charge is 0.135 e. The first-order valence-corrected chi connectivity index (χ1v) is 7.84. The summed E-state index contributed by atoms with van der Waals surface area (Å²) in [6.07, 6.45) is 6.26. The fraction of sp³-hybridized carbons (Fsp3) is 0.429. The van der Waals surface area contributed by atoms with Gasteiger partial charge in [-0.2, -0.15) is 0 Å². The predicted molar refractivity (Wildman–Crippen MR) is 50.8 cm³/mol. The average Bonchev–Trinajstić information content (AvgIpc) is 1.88. The minimum atomic E-state index is -0.0240. The zero-order chi connectivity index (χ0) is 7.11. The summed E-state index contributed by atoms with van der Waals surface area (Å²) in [6, 6.07) is 0. The molecule has 0 aliphatic carbocycles. The molecule has 0 nitrogen and oxygen atoms in total. The first kappa shape index (κ1) is 9.18. The molecule has 0 N–H and O–H groups in total. The van der Waals surface area contributed by atoms with Gasteiger partial charge < -0.3 is 0 Å². The molecule has 0 radical (unpaired) electrons. The van der Waals surface area contributed by atoms with Gasteiger partial charge in [-0.15, -0.1) is 28.5 Å². The summed E-state index contributed by atoms with van der Waals surface area (Å²) in [5.41, 5.74) is 0.833. The zero-order valence-electron chi connectivity index (χ0n) is 5.65. The molecule has 0 spiro atoms. The summed E-state index contributed by atoms with van der Waals surface area (Å²) in [7, 11) is -0.0240. The topological polar surface area (TPSA) is 0 Å². The van der Waals surface area contributed by atoms with Crippen LogP contribution in [0.4, 0.5) is 0 Å². The second-order valence-electron chi connectivity index (χ2n) is 2.07. The first-order valence-electron chi connectivity index (χ1n) is 3.12. The third-order valence-electron chi connectivity index (χ3n) is 1.22. The normalized spacial score (nSPS) is 10.9. The van der Waals surface area contributed by atoms with Gasteiger partial charge in [-0.25, -0.2) is 0 Å². The van der Waals surface area contributed by atoms with E-state index in [1.54, 1.807) is 0 Å². The lowest BCUT2D eigenvalue weighted by atomic mass is 10.2. The van der Waals surface area contributed by atoms with Crippen LogP contribution < -0.4 is 0 Å². The Hall–Kier alpha value is 0.177. The molecule has 0 fully saturated rings. The van der Waals surface area contributed by atoms with Crippen LogP contribution in [0.25, 0.3) is 0 Å². The molecule has 0 amide bonds. The lowest BCUT2D eigenvalue weighted by molar-refractivity contribution is 0.864. The Labute approximate surface area is 67.4 Å². The molecule has 0 heterocycles. The molecule has 0 aliphatic rings. The van der Waals surface area contributed by atoms with E-state index in [1.807, 2.05) is 12.2 Å². The monoisotopic (exact) mass is 204 g/mol. The fourth-order valence-corrected chi connectivity index (χ4v) is 3.00. The van der Waals surface area contributed by atoms with Crippen LogP contribution in [-0.2, 0) is 0 Å². The number of allylic oxidation sites excluding steroid dienone is 2. The van der Waals surface area contributed by atoms with Crippen molar-refractivity contribution in [1.82, 2.24) is 0 Å². The highest BCUT2D eigenvalue weighted by atomic mass is 79.9. The van der Waals surface area contributed by atoms with Gasteiger partial charge in [-0.05, 0) is 18.4 Å². The second kappa shape index (κ2) is 6.30. The highest BCUT2D eigenvalue weighted by Crippen LogP contribution is 2.16. The van der Waals surface area contributed by atoms with Gasteiger partial charge in [-0.1, -0.05) is 12.2 Å². The summed E-state index contributed by atoms with van der Waals surface area (Å²) in [5, 5.41) is 0. The molecular formula is C7H13BrSi. The van der Waals surface area contributed by atoms with Crippen LogP contribution in [0, 0.1) is 0 Å². The molecule has 0 atom stereocenters. The molecule has 9 heavy (non-hydrogen) atoms. The van der Waals surface area contributed by atoms with Crippen molar-refractivity contribution in [3.8, 4) is 0 Å². The molecule has 0 aromatic carbocycles. The molecule has 0 aromatic rings. The molecule has 2 heteroatoms. The van der Waals surface area contributed by atoms with Crippen LogP contribution in [0.1, 0.15) is 12.8 Å². The first-order chi connectivity index (χ1) is 4.35. The van der Waals surface area contributed by atoms with Crippen LogP contribution in [0.2, 0.25) is 5.54 Å². The van der Waals surface area contributed by atoms with Crippen molar-refractivity contribution in [2.45, 2.75) is 18.4 Å². The maximum Gasteiger partial charge on any atom is 0.102 e. The standard InChI is InChI=1S/C7H13BrSi/c1-3-5-7(9-8)6-4-2/h3-4,7H,1-2,5-6,9H2. The van der Waals surface area contributed by atoms with E-state index >= 15 is 0 Å². The molecular weight excluding hydrogens is 192 g/mol. The van der Waals surface area contributed by atoms with Gasteiger partial charge in [0.2, 0.25) is 0 Å². The van der Waals surface area contributed by atoms with Crippen molar-refractivity contribution in [3.63, 3.8) is 0 Å². The van der Waals surface area contributed by atoms with Gasteiger partial charge in [0, 0.05) is 0 Å². The van der Waals surface area contributed by atoms with Gasteiger partial charge in [0.05, 0.1) is 0 Å². The van der Waals surface area contributed by atoms with E-state index in [0.717, 1.165) is 18.4 Å². The number of rotatable bonds is 5. The third kappa shape index (κ3) is 4.67. The molecule has 52 valence electrons. The zero-order valence-corrected chi connectivity index (χ0v) is 8.65. The quantitative estimate of drug-likeness (QED) is 0.367. The highest BCUT2D eigenvalue weighted by molar-refractivity contribution is 9.23. The number of halogens is 1. The summed E-state index contributed by atoms with van der Waals surface area (Å²) in [5.74, 6) is 0. The van der Waals surface area contributed by atoms with Gasteiger partial charge >= 0.3 is 0 Å². The lowest BCUT2D eigenvalue weighted by Gasteiger charge is -2.05. The summed E-state index contributed by atoms with van der Waals surface area (Å²) in [6.45, 7) is 7.40. The van der Waals surface area contributed by atoms with Crippen molar-refractivity contribution < 1.29 is 0 Å². The van der Waals surface area contributed by atoms with Crippen molar-refractivity contribution >= 4 is 23.4 Å². The molecule has 0 saturated carbocycles. The van der Waals surface area contributed by atoms with Crippen LogP contribution >= 0.6 is 15.3 Å². The minimum Gasteiger partial charge on any atom is -0.135 e. The Morgan fingerprint density at radius 2 is 1.78 bits per heavy atom. The van der Waals surface area contributed by atoms with Crippen molar-refractivity contribution in [2.75, 3.05) is 0 Å². The van der Waals surface area contributed by atoms with Crippen LogP contribution in [-0.4, -0.2) is 8.14 Å². The Kier molecular flexibility index (Phi) is 6.42. The lowest BCUT2D eigenvalue weighted by Crippen LogP contribution is -1.93. The molecule has 0 bridgehead atoms. The number of hydrogen-bond donors (Lipinski definition) is 0. The van der Waals surface area contributed by atoms with E-state index < -0.39 is 0 Å². The second-order valence-corrected chi connectivity index (χ2v) is 5.47. The molecule has 0 aromatic heterocycles. The van der Waals surface area contributed by atoms with Crippen LogP contribution in [0.15, 0.2) is 25.3 Å². The maximum absolute atomic E-state index is 3.70. The van der Waals surface area contributed by atoms with E-state index in [-0.39, 0.29) is 8.14 Å². The Balaban J connectivity index is 3.39. The van der Waals surface area contributed by atoms with E-state index in [9.17, 15) is 0 Å². The smallest absolute Gasteiger partial charge is 0.102 e. The number of hydrogen-bond acceptors (Lipinski definition) is 0. The van der Waals surface area contributed by atoms with Gasteiger partial charge in [0.25, 0.3) is 0 Å². The maximum atomic E-state index is 3.70. The van der Waals surface area contributed by atoms with Gasteiger partial charge in [0.15, 0.2) is 0 Å². The average molecular weight is 205 g/mol. The van der Waals surface area contributed by atoms with E-state index in [1.165, 1.54) is 0 Å².